The maximum absolute atomic E-state index is 13.2. The van der Waals surface area contributed by atoms with Crippen molar-refractivity contribution in [1.29, 1.82) is 0 Å². The lowest BCUT2D eigenvalue weighted by atomic mass is 10.1. The summed E-state index contributed by atoms with van der Waals surface area (Å²) < 4.78 is 18.6. The summed E-state index contributed by atoms with van der Waals surface area (Å²) in [7, 11) is 0. The number of hydrogen-bond acceptors (Lipinski definition) is 1. The van der Waals surface area contributed by atoms with Crippen LogP contribution >= 0.6 is 15.9 Å². The van der Waals surface area contributed by atoms with E-state index in [4.69, 9.17) is 4.74 Å². The van der Waals surface area contributed by atoms with Crippen molar-refractivity contribution in [3.63, 3.8) is 0 Å². The van der Waals surface area contributed by atoms with Crippen molar-refractivity contribution in [3.05, 3.63) is 34.1 Å². The summed E-state index contributed by atoms with van der Waals surface area (Å²) >= 11 is 3.11. The number of epoxide rings is 1. The van der Waals surface area contributed by atoms with Gasteiger partial charge < -0.3 is 4.74 Å². The summed E-state index contributed by atoms with van der Waals surface area (Å²) in [6, 6.07) is 5.24. The molecule has 1 saturated heterocycles. The first kappa shape index (κ1) is 7.25. The number of halogens is 2. The van der Waals surface area contributed by atoms with E-state index in [0.29, 0.717) is 16.6 Å². The molecule has 2 rings (SSSR count). The highest BCUT2D eigenvalue weighted by Gasteiger charge is 2.28. The number of rotatable bonds is 1. The van der Waals surface area contributed by atoms with E-state index < -0.39 is 0 Å². The van der Waals surface area contributed by atoms with Crippen molar-refractivity contribution in [1.82, 2.24) is 0 Å². The molecule has 3 heteroatoms. The van der Waals surface area contributed by atoms with Crippen molar-refractivity contribution >= 4 is 15.9 Å². The molecule has 1 aromatic rings. The second kappa shape index (κ2) is 2.57. The van der Waals surface area contributed by atoms with Gasteiger partial charge in [-0.15, -0.1) is 0 Å². The molecule has 1 aliphatic heterocycles. The van der Waals surface area contributed by atoms with Crippen LogP contribution in [0.2, 0.25) is 0 Å². The van der Waals surface area contributed by atoms with E-state index in [0.717, 1.165) is 0 Å². The molecule has 0 N–H and O–H groups in total. The van der Waals surface area contributed by atoms with Crippen LogP contribution in [-0.4, -0.2) is 6.61 Å². The first-order valence-electron chi connectivity index (χ1n) is 3.34. The molecule has 0 spiro atoms. The van der Waals surface area contributed by atoms with Gasteiger partial charge in [-0.3, -0.25) is 0 Å². The summed E-state index contributed by atoms with van der Waals surface area (Å²) in [6.45, 7) is 0.646. The Balaban J connectivity index is 2.45. The smallest absolute Gasteiger partial charge is 0.143 e. The summed E-state index contributed by atoms with van der Waals surface area (Å²) in [4.78, 5) is 0. The fourth-order valence-electron chi connectivity index (χ4n) is 0.997. The van der Waals surface area contributed by atoms with Crippen molar-refractivity contribution in [3.8, 4) is 0 Å². The van der Waals surface area contributed by atoms with Crippen molar-refractivity contribution < 1.29 is 9.13 Å². The molecular formula is C8H6BrFO. The van der Waals surface area contributed by atoms with E-state index >= 15 is 0 Å². The molecule has 11 heavy (non-hydrogen) atoms. The average Bonchev–Trinajstić information content (AvgIpc) is 2.77. The van der Waals surface area contributed by atoms with E-state index in [2.05, 4.69) is 15.9 Å². The van der Waals surface area contributed by atoms with E-state index in [1.54, 1.807) is 12.1 Å². The Morgan fingerprint density at radius 2 is 2.27 bits per heavy atom. The molecule has 0 radical (unpaired) electrons. The molecule has 1 atom stereocenters. The Labute approximate surface area is 72.3 Å². The normalized spacial score (nSPS) is 21.8. The molecule has 1 heterocycles. The first-order valence-corrected chi connectivity index (χ1v) is 4.14. The zero-order valence-electron chi connectivity index (χ0n) is 5.68. The molecule has 1 aliphatic rings. The van der Waals surface area contributed by atoms with Gasteiger partial charge in [0.15, 0.2) is 0 Å². The highest BCUT2D eigenvalue weighted by atomic mass is 79.9. The van der Waals surface area contributed by atoms with E-state index in [1.165, 1.54) is 0 Å². The van der Waals surface area contributed by atoms with Gasteiger partial charge in [-0.1, -0.05) is 12.1 Å². The van der Waals surface area contributed by atoms with Gasteiger partial charge in [0.05, 0.1) is 11.1 Å². The molecule has 58 valence electrons. The predicted molar refractivity (Wildman–Crippen MR) is 42.8 cm³/mol. The Morgan fingerprint density at radius 1 is 1.55 bits per heavy atom. The Kier molecular flexibility index (Phi) is 1.69. The van der Waals surface area contributed by atoms with Gasteiger partial charge in [-0.2, -0.15) is 0 Å². The lowest BCUT2D eigenvalue weighted by molar-refractivity contribution is 0.407. The van der Waals surface area contributed by atoms with E-state index in [1.807, 2.05) is 6.07 Å². The summed E-state index contributed by atoms with van der Waals surface area (Å²) in [5, 5.41) is 0. The topological polar surface area (TPSA) is 12.5 Å². The van der Waals surface area contributed by atoms with Crippen molar-refractivity contribution in [2.75, 3.05) is 6.61 Å². The number of hydrogen-bond donors (Lipinski definition) is 0. The molecule has 0 aliphatic carbocycles. The molecule has 0 bridgehead atoms. The monoisotopic (exact) mass is 216 g/mol. The second-order valence-electron chi connectivity index (χ2n) is 2.47. The summed E-state index contributed by atoms with van der Waals surface area (Å²) in [6.07, 6.45) is -0.00694. The van der Waals surface area contributed by atoms with Gasteiger partial charge in [0.1, 0.15) is 11.9 Å². The third-order valence-electron chi connectivity index (χ3n) is 1.66. The molecule has 0 amide bonds. The second-order valence-corrected chi connectivity index (χ2v) is 3.32. The molecule has 1 fully saturated rings. The molecular weight excluding hydrogens is 211 g/mol. The van der Waals surface area contributed by atoms with Crippen molar-refractivity contribution in [2.24, 2.45) is 0 Å². The van der Waals surface area contributed by atoms with Crippen LogP contribution in [-0.2, 0) is 4.74 Å². The molecule has 0 unspecified atom stereocenters. The maximum Gasteiger partial charge on any atom is 0.143 e. The quantitative estimate of drug-likeness (QED) is 0.658. The molecule has 1 nitrogen and oxygen atoms in total. The van der Waals surface area contributed by atoms with Crippen LogP contribution in [0.4, 0.5) is 4.39 Å². The van der Waals surface area contributed by atoms with Crippen LogP contribution in [0.15, 0.2) is 22.7 Å². The standard InChI is InChI=1S/C8H6BrFO/c9-6-3-1-2-5(8(6)10)7-4-11-7/h1-3,7H,4H2/t7-/m1/s1. The third kappa shape index (κ3) is 1.30. The predicted octanol–water partition coefficient (Wildman–Crippen LogP) is 2.66. The van der Waals surface area contributed by atoms with Gasteiger partial charge in [0, 0.05) is 5.56 Å². The minimum Gasteiger partial charge on any atom is -0.368 e. The molecule has 1 aromatic carbocycles. The lowest BCUT2D eigenvalue weighted by Crippen LogP contribution is -1.87. The zero-order valence-corrected chi connectivity index (χ0v) is 7.27. The summed E-state index contributed by atoms with van der Waals surface area (Å²) in [5.41, 5.74) is 0.652. The van der Waals surface area contributed by atoms with Crippen LogP contribution in [0.5, 0.6) is 0 Å². The highest BCUT2D eigenvalue weighted by Crippen LogP contribution is 2.33. The summed E-state index contributed by atoms with van der Waals surface area (Å²) in [5.74, 6) is -0.199. The molecule has 0 saturated carbocycles. The van der Waals surface area contributed by atoms with Crippen LogP contribution in [0.25, 0.3) is 0 Å². The minimum atomic E-state index is -0.199. The van der Waals surface area contributed by atoms with Crippen LogP contribution in [0.1, 0.15) is 11.7 Å². The van der Waals surface area contributed by atoms with E-state index in [9.17, 15) is 4.39 Å². The largest absolute Gasteiger partial charge is 0.368 e. The van der Waals surface area contributed by atoms with Gasteiger partial charge in [0.2, 0.25) is 0 Å². The van der Waals surface area contributed by atoms with Crippen molar-refractivity contribution in [2.45, 2.75) is 6.10 Å². The number of benzene rings is 1. The Morgan fingerprint density at radius 3 is 2.91 bits per heavy atom. The van der Waals surface area contributed by atoms with Gasteiger partial charge in [-0.05, 0) is 22.0 Å². The fraction of sp³-hybridized carbons (Fsp3) is 0.250. The van der Waals surface area contributed by atoms with E-state index in [-0.39, 0.29) is 11.9 Å². The van der Waals surface area contributed by atoms with Crippen LogP contribution in [0, 0.1) is 5.82 Å². The Hall–Kier alpha value is -0.410. The third-order valence-corrected chi connectivity index (χ3v) is 2.27. The van der Waals surface area contributed by atoms with Crippen LogP contribution < -0.4 is 0 Å². The highest BCUT2D eigenvalue weighted by molar-refractivity contribution is 9.10. The average molecular weight is 217 g/mol. The first-order chi connectivity index (χ1) is 5.29. The Bertz CT molecular complexity index is 283. The number of ether oxygens (including phenoxy) is 1. The SMILES string of the molecule is Fc1c(Br)cccc1[C@H]1CO1. The zero-order chi connectivity index (χ0) is 7.84. The maximum atomic E-state index is 13.2. The molecule has 0 aromatic heterocycles. The van der Waals surface area contributed by atoms with Gasteiger partial charge >= 0.3 is 0 Å². The van der Waals surface area contributed by atoms with Crippen LogP contribution in [0.3, 0.4) is 0 Å². The van der Waals surface area contributed by atoms with Gasteiger partial charge in [0.25, 0.3) is 0 Å². The minimum absolute atomic E-state index is 0.00694. The fourth-order valence-corrected chi connectivity index (χ4v) is 1.38. The lowest BCUT2D eigenvalue weighted by Gasteiger charge is -1.98. The van der Waals surface area contributed by atoms with Gasteiger partial charge in [-0.25, -0.2) is 4.39 Å².